The van der Waals surface area contributed by atoms with E-state index in [1.165, 1.54) is 16.7 Å². The fraction of sp³-hybridized carbons (Fsp3) is 0.320. The molecule has 1 aromatic carbocycles. The summed E-state index contributed by atoms with van der Waals surface area (Å²) in [5.41, 5.74) is 5.90. The van der Waals surface area contributed by atoms with E-state index in [1.807, 2.05) is 29.3 Å². The van der Waals surface area contributed by atoms with Crippen molar-refractivity contribution in [2.75, 3.05) is 26.2 Å². The summed E-state index contributed by atoms with van der Waals surface area (Å²) in [4.78, 5) is 26.2. The van der Waals surface area contributed by atoms with E-state index in [0.717, 1.165) is 46.7 Å². The Kier molecular flexibility index (Phi) is 6.26. The van der Waals surface area contributed by atoms with Gasteiger partial charge in [0.05, 0.1) is 18.2 Å². The van der Waals surface area contributed by atoms with Crippen LogP contribution >= 0.6 is 27.5 Å². The molecule has 0 N–H and O–H groups in total. The number of hydrogen-bond donors (Lipinski definition) is 0. The first-order valence-electron chi connectivity index (χ1n) is 10.9. The molecule has 1 unspecified atom stereocenters. The number of pyridine rings is 2. The van der Waals surface area contributed by atoms with Crippen LogP contribution in [-0.2, 0) is 24.1 Å². The zero-order valence-electron chi connectivity index (χ0n) is 17.7. The molecule has 0 spiro atoms. The number of amides is 1. The van der Waals surface area contributed by atoms with Crippen LogP contribution in [0.25, 0.3) is 0 Å². The first kappa shape index (κ1) is 21.6. The summed E-state index contributed by atoms with van der Waals surface area (Å²) in [5, 5.41) is 0.772. The van der Waals surface area contributed by atoms with Crippen molar-refractivity contribution in [2.24, 2.45) is 0 Å². The van der Waals surface area contributed by atoms with Gasteiger partial charge in [-0.15, -0.1) is 0 Å². The van der Waals surface area contributed by atoms with Crippen molar-refractivity contribution in [3.63, 3.8) is 0 Å². The zero-order valence-corrected chi connectivity index (χ0v) is 20.0. The largest absolute Gasteiger partial charge is 0.340 e. The second-order valence-electron chi connectivity index (χ2n) is 8.40. The van der Waals surface area contributed by atoms with E-state index in [4.69, 9.17) is 16.6 Å². The van der Waals surface area contributed by atoms with E-state index >= 15 is 0 Å². The van der Waals surface area contributed by atoms with Crippen LogP contribution < -0.4 is 0 Å². The van der Waals surface area contributed by atoms with Gasteiger partial charge in [0.1, 0.15) is 0 Å². The number of hydrogen-bond acceptors (Lipinski definition) is 4. The molecule has 1 amide bonds. The Morgan fingerprint density at radius 1 is 1.06 bits per heavy atom. The highest BCUT2D eigenvalue weighted by molar-refractivity contribution is 9.10. The van der Waals surface area contributed by atoms with Gasteiger partial charge in [0.15, 0.2) is 0 Å². The number of aromatic nitrogens is 2. The lowest BCUT2D eigenvalue weighted by molar-refractivity contribution is -0.132. The van der Waals surface area contributed by atoms with Crippen molar-refractivity contribution in [3.05, 3.63) is 92.4 Å². The van der Waals surface area contributed by atoms with Crippen molar-refractivity contribution < 1.29 is 4.79 Å². The van der Waals surface area contributed by atoms with Gasteiger partial charge in [0.2, 0.25) is 5.91 Å². The first-order valence-corrected chi connectivity index (χ1v) is 12.1. The van der Waals surface area contributed by atoms with Gasteiger partial charge in [0.25, 0.3) is 0 Å². The Morgan fingerprint density at radius 2 is 1.88 bits per heavy atom. The van der Waals surface area contributed by atoms with Crippen LogP contribution in [-0.4, -0.2) is 51.9 Å². The highest BCUT2D eigenvalue weighted by atomic mass is 79.9. The second kappa shape index (κ2) is 9.30. The maximum atomic E-state index is 12.8. The number of benzene rings is 1. The van der Waals surface area contributed by atoms with Gasteiger partial charge in [-0.1, -0.05) is 23.7 Å². The lowest BCUT2D eigenvalue weighted by atomic mass is 9.96. The van der Waals surface area contributed by atoms with Crippen LogP contribution in [0, 0.1) is 0 Å². The van der Waals surface area contributed by atoms with Crippen molar-refractivity contribution in [2.45, 2.75) is 25.3 Å². The van der Waals surface area contributed by atoms with Gasteiger partial charge in [-0.25, -0.2) is 0 Å². The van der Waals surface area contributed by atoms with E-state index in [9.17, 15) is 4.79 Å². The van der Waals surface area contributed by atoms with Crippen LogP contribution in [0.1, 0.15) is 34.0 Å². The highest BCUT2D eigenvalue weighted by Gasteiger charge is 2.33. The molecule has 5 rings (SSSR count). The highest BCUT2D eigenvalue weighted by Crippen LogP contribution is 2.38. The van der Waals surface area contributed by atoms with Crippen LogP contribution in [0.2, 0.25) is 5.02 Å². The average molecular weight is 512 g/mol. The minimum Gasteiger partial charge on any atom is -0.340 e. The average Bonchev–Trinajstić information content (AvgIpc) is 2.96. The minimum atomic E-state index is 0.0726. The summed E-state index contributed by atoms with van der Waals surface area (Å²) in [6.07, 6.45) is 7.67. The van der Waals surface area contributed by atoms with Gasteiger partial charge in [0, 0.05) is 54.3 Å². The molecular formula is C25H24BrClN4O. The normalized spacial score (nSPS) is 18.6. The summed E-state index contributed by atoms with van der Waals surface area (Å²) in [5.74, 6) is 0.160. The van der Waals surface area contributed by atoms with E-state index in [-0.39, 0.29) is 11.9 Å². The topological polar surface area (TPSA) is 49.3 Å². The number of rotatable bonds is 3. The third-order valence-electron chi connectivity index (χ3n) is 6.40. The van der Waals surface area contributed by atoms with Crippen molar-refractivity contribution >= 4 is 33.4 Å². The lowest BCUT2D eigenvalue weighted by Gasteiger charge is -2.40. The summed E-state index contributed by atoms with van der Waals surface area (Å²) < 4.78 is 1.00. The van der Waals surface area contributed by atoms with Gasteiger partial charge in [-0.05, 0) is 75.3 Å². The molecule has 1 fully saturated rings. The number of carbonyl (C=O) groups is 1. The smallest absolute Gasteiger partial charge is 0.227 e. The SMILES string of the molecule is O=C(Cc1cccnc1)N1CCN(C2c3ccc(Cl)cc3CCc3cc(Br)cnc32)CC1. The number of aryl methyl sites for hydroxylation is 2. The summed E-state index contributed by atoms with van der Waals surface area (Å²) in [6, 6.07) is 12.3. The molecule has 0 radical (unpaired) electrons. The molecule has 3 aromatic rings. The fourth-order valence-electron chi connectivity index (χ4n) is 4.80. The molecule has 2 aliphatic rings. The van der Waals surface area contributed by atoms with E-state index < -0.39 is 0 Å². The zero-order chi connectivity index (χ0) is 22.1. The molecule has 32 heavy (non-hydrogen) atoms. The Bertz CT molecular complexity index is 1080. The molecule has 0 bridgehead atoms. The molecule has 1 atom stereocenters. The maximum Gasteiger partial charge on any atom is 0.227 e. The minimum absolute atomic E-state index is 0.0726. The number of carbonyl (C=O) groups excluding carboxylic acids is 1. The number of halogens is 2. The monoisotopic (exact) mass is 510 g/mol. The van der Waals surface area contributed by atoms with Gasteiger partial charge >= 0.3 is 0 Å². The molecule has 2 aromatic heterocycles. The fourth-order valence-corrected chi connectivity index (χ4v) is 5.37. The Hall–Kier alpha value is -2.28. The molecule has 7 heteroatoms. The molecule has 1 aliphatic carbocycles. The number of fused-ring (bicyclic) bond motifs is 2. The predicted molar refractivity (Wildman–Crippen MR) is 129 cm³/mol. The third kappa shape index (κ3) is 4.45. The molecule has 1 saturated heterocycles. The van der Waals surface area contributed by atoms with Crippen LogP contribution in [0.5, 0.6) is 0 Å². The van der Waals surface area contributed by atoms with E-state index in [0.29, 0.717) is 19.5 Å². The van der Waals surface area contributed by atoms with Crippen molar-refractivity contribution in [1.82, 2.24) is 19.8 Å². The van der Waals surface area contributed by atoms with Gasteiger partial charge in [-0.3, -0.25) is 19.7 Å². The Balaban J connectivity index is 1.38. The molecule has 1 aliphatic heterocycles. The summed E-state index contributed by atoms with van der Waals surface area (Å²) >= 11 is 9.92. The van der Waals surface area contributed by atoms with Crippen molar-refractivity contribution in [1.29, 1.82) is 0 Å². The summed E-state index contributed by atoms with van der Waals surface area (Å²) in [6.45, 7) is 3.04. The standard InChI is InChI=1S/C25H24BrClN4O/c26-20-13-19-4-3-18-14-21(27)5-6-22(18)25(24(19)29-16-20)31-10-8-30(9-11-31)23(32)12-17-2-1-7-28-15-17/h1-2,5-7,13-16,25H,3-4,8-12H2. The van der Waals surface area contributed by atoms with Crippen molar-refractivity contribution in [3.8, 4) is 0 Å². The third-order valence-corrected chi connectivity index (χ3v) is 7.07. The first-order chi connectivity index (χ1) is 15.6. The molecular weight excluding hydrogens is 488 g/mol. The molecule has 0 saturated carbocycles. The van der Waals surface area contributed by atoms with Gasteiger partial charge < -0.3 is 4.90 Å². The Morgan fingerprint density at radius 3 is 2.66 bits per heavy atom. The molecule has 3 heterocycles. The van der Waals surface area contributed by atoms with E-state index in [1.54, 1.807) is 12.4 Å². The van der Waals surface area contributed by atoms with Crippen LogP contribution in [0.3, 0.4) is 0 Å². The second-order valence-corrected chi connectivity index (χ2v) is 9.75. The number of piperazine rings is 1. The maximum absolute atomic E-state index is 12.8. The quantitative estimate of drug-likeness (QED) is 0.521. The lowest BCUT2D eigenvalue weighted by Crippen LogP contribution is -2.50. The van der Waals surface area contributed by atoms with E-state index in [2.05, 4.69) is 44.0 Å². The van der Waals surface area contributed by atoms with Gasteiger partial charge in [-0.2, -0.15) is 0 Å². The number of nitrogens with zero attached hydrogens (tertiary/aromatic N) is 4. The molecule has 164 valence electrons. The predicted octanol–water partition coefficient (Wildman–Crippen LogP) is 4.47. The Labute approximate surface area is 201 Å². The molecule has 5 nitrogen and oxygen atoms in total. The summed E-state index contributed by atoms with van der Waals surface area (Å²) in [7, 11) is 0. The van der Waals surface area contributed by atoms with Crippen LogP contribution in [0.4, 0.5) is 0 Å². The van der Waals surface area contributed by atoms with Crippen LogP contribution in [0.15, 0.2) is 59.5 Å².